The Morgan fingerprint density at radius 2 is 2.00 bits per heavy atom. The fourth-order valence-corrected chi connectivity index (χ4v) is 3.03. The number of carbonyl (C=O) groups is 4. The van der Waals surface area contributed by atoms with E-state index >= 15 is 0 Å². The van der Waals surface area contributed by atoms with E-state index in [0.717, 1.165) is 0 Å². The third-order valence-corrected chi connectivity index (χ3v) is 4.06. The number of hydrogen-bond donors (Lipinski definition) is 1. The van der Waals surface area contributed by atoms with E-state index in [-0.39, 0.29) is 23.7 Å². The highest BCUT2D eigenvalue weighted by Gasteiger charge is 2.54. The van der Waals surface area contributed by atoms with Gasteiger partial charge in [-0.2, -0.15) is 0 Å². The summed E-state index contributed by atoms with van der Waals surface area (Å²) in [7, 11) is 0. The van der Waals surface area contributed by atoms with Crippen molar-refractivity contribution < 1.29 is 28.7 Å². The quantitative estimate of drug-likeness (QED) is 0.450. The molecule has 1 fully saturated rings. The Kier molecular flexibility index (Phi) is 5.53. The summed E-state index contributed by atoms with van der Waals surface area (Å²) in [5.41, 5.74) is -0.466. The number of amides is 2. The maximum atomic E-state index is 12.5. The van der Waals surface area contributed by atoms with Gasteiger partial charge in [0.15, 0.2) is 5.78 Å². The normalized spacial score (nSPS) is 22.2. The van der Waals surface area contributed by atoms with E-state index in [1.165, 1.54) is 17.9 Å². The van der Waals surface area contributed by atoms with Gasteiger partial charge >= 0.3 is 12.1 Å². The van der Waals surface area contributed by atoms with E-state index in [2.05, 4.69) is 11.9 Å². The van der Waals surface area contributed by atoms with Crippen molar-refractivity contribution in [2.24, 2.45) is 0 Å². The van der Waals surface area contributed by atoms with Gasteiger partial charge in [0, 0.05) is 5.57 Å². The van der Waals surface area contributed by atoms with Crippen LogP contribution in [0.2, 0.25) is 0 Å². The van der Waals surface area contributed by atoms with Gasteiger partial charge < -0.3 is 14.8 Å². The first kappa shape index (κ1) is 19.7. The standard InChI is InChI=1S/C18H24N2O6/c1-6-9-25-16(23)14-11(10(2)21)7-8-12-13(15(22)20(12)14)19-17(24)26-18(3,4)5/h6,12-13H,1,7-9H2,2-5H3,(H,19,24)/t12-,13+/m1/s1. The molecule has 26 heavy (non-hydrogen) atoms. The fraction of sp³-hybridized carbons (Fsp3) is 0.556. The molecule has 0 bridgehead atoms. The fourth-order valence-electron chi connectivity index (χ4n) is 3.03. The summed E-state index contributed by atoms with van der Waals surface area (Å²) in [6.45, 7) is 9.94. The smallest absolute Gasteiger partial charge is 0.408 e. The maximum absolute atomic E-state index is 12.5. The van der Waals surface area contributed by atoms with E-state index in [9.17, 15) is 19.2 Å². The minimum Gasteiger partial charge on any atom is -0.457 e. The second kappa shape index (κ2) is 7.31. The number of Topliss-reactive ketones (excluding diaryl/α,β-unsaturated/α-hetero) is 1. The first-order valence-electron chi connectivity index (χ1n) is 8.41. The van der Waals surface area contributed by atoms with Gasteiger partial charge in [-0.1, -0.05) is 12.7 Å². The molecule has 0 unspecified atom stereocenters. The van der Waals surface area contributed by atoms with Crippen molar-refractivity contribution in [3.8, 4) is 0 Å². The van der Waals surface area contributed by atoms with Crippen LogP contribution >= 0.6 is 0 Å². The second-order valence-electron chi connectivity index (χ2n) is 7.21. The zero-order chi connectivity index (χ0) is 19.6. The molecule has 1 N–H and O–H groups in total. The van der Waals surface area contributed by atoms with Crippen LogP contribution in [0.25, 0.3) is 0 Å². The average Bonchev–Trinajstić information content (AvgIpc) is 2.54. The molecule has 142 valence electrons. The van der Waals surface area contributed by atoms with E-state index < -0.39 is 35.7 Å². The number of hydrogen-bond acceptors (Lipinski definition) is 6. The number of ether oxygens (including phenoxy) is 2. The molecular weight excluding hydrogens is 340 g/mol. The summed E-state index contributed by atoms with van der Waals surface area (Å²) in [6, 6.07) is -1.20. The van der Waals surface area contributed by atoms with Crippen molar-refractivity contribution in [3.63, 3.8) is 0 Å². The van der Waals surface area contributed by atoms with Crippen LogP contribution in [0, 0.1) is 0 Å². The molecule has 0 radical (unpaired) electrons. The lowest BCUT2D eigenvalue weighted by atomic mass is 9.82. The zero-order valence-electron chi connectivity index (χ0n) is 15.5. The van der Waals surface area contributed by atoms with Gasteiger partial charge in [-0.05, 0) is 40.5 Å². The van der Waals surface area contributed by atoms with Crippen molar-refractivity contribution in [3.05, 3.63) is 23.9 Å². The molecule has 2 rings (SSSR count). The van der Waals surface area contributed by atoms with Crippen molar-refractivity contribution in [2.45, 2.75) is 58.2 Å². The van der Waals surface area contributed by atoms with Crippen LogP contribution in [0.15, 0.2) is 23.9 Å². The predicted octanol–water partition coefficient (Wildman–Crippen LogP) is 1.46. The highest BCUT2D eigenvalue weighted by Crippen LogP contribution is 2.37. The lowest BCUT2D eigenvalue weighted by molar-refractivity contribution is -0.156. The van der Waals surface area contributed by atoms with Crippen molar-refractivity contribution in [2.75, 3.05) is 6.61 Å². The molecule has 2 atom stereocenters. The number of rotatable bonds is 5. The van der Waals surface area contributed by atoms with E-state index in [1.807, 2.05) is 0 Å². The first-order chi connectivity index (χ1) is 12.1. The third-order valence-electron chi connectivity index (χ3n) is 4.06. The lowest BCUT2D eigenvalue weighted by Crippen LogP contribution is -2.72. The number of fused-ring (bicyclic) bond motifs is 1. The molecule has 0 aromatic rings. The molecule has 0 saturated carbocycles. The van der Waals surface area contributed by atoms with Crippen molar-refractivity contribution in [1.29, 1.82) is 0 Å². The molecule has 8 heteroatoms. The Morgan fingerprint density at radius 3 is 2.54 bits per heavy atom. The van der Waals surface area contributed by atoms with Crippen LogP contribution < -0.4 is 5.32 Å². The maximum Gasteiger partial charge on any atom is 0.408 e. The Labute approximate surface area is 152 Å². The molecule has 2 heterocycles. The third kappa shape index (κ3) is 3.95. The number of β-lactam (4-membered cyclic amide) rings is 1. The number of nitrogens with one attached hydrogen (secondary N) is 1. The van der Waals surface area contributed by atoms with E-state index in [0.29, 0.717) is 12.8 Å². The monoisotopic (exact) mass is 364 g/mol. The molecule has 0 aliphatic carbocycles. The van der Waals surface area contributed by atoms with Crippen LogP contribution in [-0.2, 0) is 23.9 Å². The molecule has 0 aromatic carbocycles. The van der Waals surface area contributed by atoms with Crippen molar-refractivity contribution in [1.82, 2.24) is 10.2 Å². The number of ketones is 1. The number of esters is 1. The zero-order valence-corrected chi connectivity index (χ0v) is 15.5. The van der Waals surface area contributed by atoms with Crippen molar-refractivity contribution >= 4 is 23.8 Å². The minimum atomic E-state index is -0.791. The van der Waals surface area contributed by atoms with E-state index in [4.69, 9.17) is 9.47 Å². The van der Waals surface area contributed by atoms with Gasteiger partial charge in [-0.15, -0.1) is 0 Å². The largest absolute Gasteiger partial charge is 0.457 e. The number of nitrogens with zero attached hydrogens (tertiary/aromatic N) is 1. The summed E-state index contributed by atoms with van der Waals surface area (Å²) < 4.78 is 10.2. The van der Waals surface area contributed by atoms with Crippen LogP contribution in [0.5, 0.6) is 0 Å². The highest BCUT2D eigenvalue weighted by molar-refractivity contribution is 6.08. The molecule has 0 spiro atoms. The van der Waals surface area contributed by atoms with Gasteiger partial charge in [-0.25, -0.2) is 9.59 Å². The van der Waals surface area contributed by atoms with Gasteiger partial charge in [0.2, 0.25) is 0 Å². The van der Waals surface area contributed by atoms with E-state index in [1.54, 1.807) is 20.8 Å². The van der Waals surface area contributed by atoms with Crippen LogP contribution in [0.1, 0.15) is 40.5 Å². The Morgan fingerprint density at radius 1 is 1.35 bits per heavy atom. The average molecular weight is 364 g/mol. The molecule has 8 nitrogen and oxygen atoms in total. The Hall–Kier alpha value is -2.64. The number of alkyl carbamates (subject to hydrolysis) is 1. The molecular formula is C18H24N2O6. The van der Waals surface area contributed by atoms with Crippen LogP contribution in [0.3, 0.4) is 0 Å². The summed E-state index contributed by atoms with van der Waals surface area (Å²) in [5.74, 6) is -1.50. The summed E-state index contributed by atoms with van der Waals surface area (Å²) >= 11 is 0. The summed E-state index contributed by atoms with van der Waals surface area (Å²) in [6.07, 6.45) is 1.48. The summed E-state index contributed by atoms with van der Waals surface area (Å²) in [4.78, 5) is 49.9. The van der Waals surface area contributed by atoms with Gasteiger partial charge in [0.05, 0.1) is 6.04 Å². The van der Waals surface area contributed by atoms with Gasteiger partial charge in [-0.3, -0.25) is 14.5 Å². The minimum absolute atomic E-state index is 0.0280. The van der Waals surface area contributed by atoms with Gasteiger partial charge in [0.1, 0.15) is 23.9 Å². The van der Waals surface area contributed by atoms with Crippen LogP contribution in [-0.4, -0.2) is 52.9 Å². The Balaban J connectivity index is 2.19. The molecule has 2 aliphatic heterocycles. The Bertz CT molecular complexity index is 688. The van der Waals surface area contributed by atoms with Gasteiger partial charge in [0.25, 0.3) is 5.91 Å². The molecule has 2 amide bonds. The topological polar surface area (TPSA) is 102 Å². The molecule has 1 saturated heterocycles. The second-order valence-corrected chi connectivity index (χ2v) is 7.21. The molecule has 2 aliphatic rings. The first-order valence-corrected chi connectivity index (χ1v) is 8.41. The predicted molar refractivity (Wildman–Crippen MR) is 91.9 cm³/mol. The number of carbonyl (C=O) groups excluding carboxylic acids is 4. The lowest BCUT2D eigenvalue weighted by Gasteiger charge is -2.50. The highest BCUT2D eigenvalue weighted by atomic mass is 16.6. The summed E-state index contributed by atoms with van der Waals surface area (Å²) in [5, 5.41) is 2.54. The number of allylic oxidation sites excluding steroid dienone is 1. The van der Waals surface area contributed by atoms with Crippen LogP contribution in [0.4, 0.5) is 4.79 Å². The molecule has 0 aromatic heterocycles. The SMILES string of the molecule is C=CCOC(=O)C1=C(C(C)=O)CC[C@@H]2[C@H](NC(=O)OC(C)(C)C)C(=O)N12.